The van der Waals surface area contributed by atoms with Gasteiger partial charge < -0.3 is 14.1 Å². The van der Waals surface area contributed by atoms with Crippen molar-refractivity contribution < 1.29 is 28.8 Å². The Morgan fingerprint density at radius 2 is 1.38 bits per heavy atom. The van der Waals surface area contributed by atoms with Crippen molar-refractivity contribution in [3.05, 3.63) is 58.9 Å². The Hall–Kier alpha value is -3.42. The van der Waals surface area contributed by atoms with E-state index in [-0.39, 0.29) is 22.5 Å². The lowest BCUT2D eigenvalue weighted by Gasteiger charge is -2.13. The maximum atomic E-state index is 12.2. The highest BCUT2D eigenvalue weighted by atomic mass is 16.7. The van der Waals surface area contributed by atoms with Crippen molar-refractivity contribution in [1.29, 1.82) is 0 Å². The van der Waals surface area contributed by atoms with Crippen molar-refractivity contribution in [2.24, 2.45) is 7.05 Å². The second-order valence-electron chi connectivity index (χ2n) is 4.98. The molecule has 0 saturated carbocycles. The summed E-state index contributed by atoms with van der Waals surface area (Å²) >= 11 is 0. The van der Waals surface area contributed by atoms with Gasteiger partial charge in [0, 0.05) is 7.05 Å². The highest BCUT2D eigenvalue weighted by Gasteiger charge is 2.39. The maximum Gasteiger partial charge on any atom is 0.380 e. The van der Waals surface area contributed by atoms with Crippen LogP contribution in [0.2, 0.25) is 0 Å². The average Bonchev–Trinajstić information content (AvgIpc) is 3.08. The van der Waals surface area contributed by atoms with Crippen LogP contribution in [0.5, 0.6) is 0 Å². The summed E-state index contributed by atoms with van der Waals surface area (Å²) < 4.78 is 5.85. The summed E-state index contributed by atoms with van der Waals surface area (Å²) in [5.41, 5.74) is 0.452. The van der Waals surface area contributed by atoms with Gasteiger partial charge in [0.2, 0.25) is 0 Å². The van der Waals surface area contributed by atoms with Crippen molar-refractivity contribution in [3.8, 4) is 0 Å². The lowest BCUT2D eigenvalue weighted by molar-refractivity contribution is -0.0591. The lowest BCUT2D eigenvalue weighted by Crippen LogP contribution is -2.33. The smallest absolute Gasteiger partial charge is 0.380 e. The number of rotatable bonds is 3. The van der Waals surface area contributed by atoms with Gasteiger partial charge in [-0.05, 0) is 24.3 Å². The third-order valence-corrected chi connectivity index (χ3v) is 3.66. The molecule has 0 unspecified atom stereocenters. The molecular weight excluding hydrogens is 316 g/mol. The number of carbonyl (C=O) groups is 4. The first-order valence-corrected chi connectivity index (χ1v) is 6.90. The number of hydroxylamine groups is 2. The molecule has 0 fully saturated rings. The summed E-state index contributed by atoms with van der Waals surface area (Å²) in [4.78, 5) is 53.1. The number of aromatic nitrogens is 1. The molecule has 0 N–H and O–H groups in total. The topological polar surface area (TPSA) is 94.9 Å². The number of ether oxygens (including phenoxy) is 1. The molecule has 1 aromatic carbocycles. The molecule has 2 heterocycles. The van der Waals surface area contributed by atoms with E-state index in [0.29, 0.717) is 5.06 Å². The number of methoxy groups -OCH3 is 1. The third-order valence-electron chi connectivity index (χ3n) is 3.66. The van der Waals surface area contributed by atoms with Crippen molar-refractivity contribution in [2.45, 2.75) is 0 Å². The number of amides is 2. The van der Waals surface area contributed by atoms with Gasteiger partial charge in [-0.25, -0.2) is 9.59 Å². The molecule has 122 valence electrons. The molecule has 0 atom stereocenters. The van der Waals surface area contributed by atoms with Crippen molar-refractivity contribution in [3.63, 3.8) is 0 Å². The van der Waals surface area contributed by atoms with Gasteiger partial charge in [0.1, 0.15) is 11.4 Å². The Morgan fingerprint density at radius 1 is 0.875 bits per heavy atom. The minimum absolute atomic E-state index is 0.00745. The van der Waals surface area contributed by atoms with Crippen LogP contribution in [0.25, 0.3) is 0 Å². The first-order chi connectivity index (χ1) is 11.5. The summed E-state index contributed by atoms with van der Waals surface area (Å²) in [6.07, 6.45) is 0. The highest BCUT2D eigenvalue weighted by Crippen LogP contribution is 2.23. The van der Waals surface area contributed by atoms with Gasteiger partial charge in [0.15, 0.2) is 0 Å². The molecule has 8 nitrogen and oxygen atoms in total. The predicted molar refractivity (Wildman–Crippen MR) is 79.1 cm³/mol. The largest absolute Gasteiger partial charge is 0.464 e. The second-order valence-corrected chi connectivity index (χ2v) is 4.98. The molecule has 0 aliphatic carbocycles. The second kappa shape index (κ2) is 5.65. The van der Waals surface area contributed by atoms with Crippen molar-refractivity contribution in [2.75, 3.05) is 7.11 Å². The Morgan fingerprint density at radius 3 is 1.88 bits per heavy atom. The molecule has 1 aliphatic rings. The molecule has 0 bridgehead atoms. The number of benzene rings is 1. The first-order valence-electron chi connectivity index (χ1n) is 6.90. The van der Waals surface area contributed by atoms with E-state index < -0.39 is 23.8 Å². The third kappa shape index (κ3) is 2.24. The van der Waals surface area contributed by atoms with Gasteiger partial charge in [-0.1, -0.05) is 17.2 Å². The zero-order valence-electron chi connectivity index (χ0n) is 12.8. The Bertz CT molecular complexity index is 847. The summed E-state index contributed by atoms with van der Waals surface area (Å²) in [6.45, 7) is 0. The molecule has 0 saturated heterocycles. The van der Waals surface area contributed by atoms with Crippen LogP contribution in [0.3, 0.4) is 0 Å². The van der Waals surface area contributed by atoms with Crippen LogP contribution in [0, 0.1) is 0 Å². The van der Waals surface area contributed by atoms with E-state index in [2.05, 4.69) is 4.74 Å². The van der Waals surface area contributed by atoms with Crippen LogP contribution in [0.4, 0.5) is 0 Å². The minimum Gasteiger partial charge on any atom is -0.464 e. The normalized spacial score (nSPS) is 13.0. The standard InChI is InChI=1S/C16H12N2O6/c1-17-11(15(21)23-2)7-8-12(17)16(22)24-18-13(19)9-5-3-4-6-10(9)14(18)20/h3-8H,1-2H3. The summed E-state index contributed by atoms with van der Waals surface area (Å²) in [6, 6.07) is 8.88. The molecule has 1 aliphatic heterocycles. The molecule has 0 spiro atoms. The number of carbonyl (C=O) groups excluding carboxylic acids is 4. The molecule has 24 heavy (non-hydrogen) atoms. The van der Waals surface area contributed by atoms with E-state index in [0.717, 1.165) is 0 Å². The van der Waals surface area contributed by atoms with Crippen molar-refractivity contribution in [1.82, 2.24) is 9.63 Å². The number of nitrogens with zero attached hydrogens (tertiary/aromatic N) is 2. The zero-order valence-corrected chi connectivity index (χ0v) is 12.8. The minimum atomic E-state index is -0.942. The zero-order chi connectivity index (χ0) is 17.4. The van der Waals surface area contributed by atoms with E-state index in [1.807, 2.05) is 0 Å². The first kappa shape index (κ1) is 15.5. The average molecular weight is 328 g/mol. The summed E-state index contributed by atoms with van der Waals surface area (Å²) in [5, 5.41) is 0.414. The van der Waals surface area contributed by atoms with Gasteiger partial charge in [0.25, 0.3) is 11.8 Å². The molecule has 3 rings (SSSR count). The van der Waals surface area contributed by atoms with E-state index in [1.54, 1.807) is 12.1 Å². The number of hydrogen-bond donors (Lipinski definition) is 0. The van der Waals surface area contributed by atoms with Crippen LogP contribution in [0.15, 0.2) is 36.4 Å². The van der Waals surface area contributed by atoms with Gasteiger partial charge in [-0.2, -0.15) is 0 Å². The van der Waals surface area contributed by atoms with E-state index >= 15 is 0 Å². The number of hydrogen-bond acceptors (Lipinski definition) is 6. The molecule has 2 amide bonds. The highest BCUT2D eigenvalue weighted by molar-refractivity contribution is 6.21. The molecule has 0 radical (unpaired) electrons. The lowest BCUT2D eigenvalue weighted by atomic mass is 10.1. The molecular formula is C16H12N2O6. The van der Waals surface area contributed by atoms with Crippen LogP contribution < -0.4 is 0 Å². The molecule has 1 aromatic heterocycles. The van der Waals surface area contributed by atoms with Gasteiger partial charge in [-0.15, -0.1) is 0 Å². The van der Waals surface area contributed by atoms with E-state index in [4.69, 9.17) is 4.84 Å². The van der Waals surface area contributed by atoms with Gasteiger partial charge in [0.05, 0.1) is 18.2 Å². The summed E-state index contributed by atoms with van der Waals surface area (Å²) in [5.74, 6) is -3.00. The number of imide groups is 1. The van der Waals surface area contributed by atoms with Crippen LogP contribution in [0.1, 0.15) is 41.7 Å². The van der Waals surface area contributed by atoms with E-state index in [1.165, 1.54) is 43.0 Å². The Balaban J connectivity index is 1.84. The number of fused-ring (bicyclic) bond motifs is 1. The van der Waals surface area contributed by atoms with Crippen LogP contribution in [-0.4, -0.2) is 40.5 Å². The number of esters is 1. The Labute approximate surface area is 136 Å². The maximum absolute atomic E-state index is 12.2. The van der Waals surface area contributed by atoms with Gasteiger partial charge >= 0.3 is 11.9 Å². The fourth-order valence-corrected chi connectivity index (χ4v) is 2.41. The predicted octanol–water partition coefficient (Wildman–Crippen LogP) is 1.18. The molecule has 8 heteroatoms. The summed E-state index contributed by atoms with van der Waals surface area (Å²) in [7, 11) is 2.68. The monoisotopic (exact) mass is 328 g/mol. The molecule has 2 aromatic rings. The van der Waals surface area contributed by atoms with Crippen LogP contribution >= 0.6 is 0 Å². The fraction of sp³-hybridized carbons (Fsp3) is 0.125. The SMILES string of the molecule is COC(=O)c1ccc(C(=O)ON2C(=O)c3ccccc3C2=O)n1C. The van der Waals surface area contributed by atoms with Gasteiger partial charge in [-0.3, -0.25) is 9.59 Å². The Kier molecular flexibility index (Phi) is 3.64. The fourth-order valence-electron chi connectivity index (χ4n) is 2.41. The van der Waals surface area contributed by atoms with E-state index in [9.17, 15) is 19.2 Å². The quantitative estimate of drug-likeness (QED) is 0.620. The van der Waals surface area contributed by atoms with Crippen molar-refractivity contribution >= 4 is 23.8 Å². The van der Waals surface area contributed by atoms with Crippen LogP contribution in [-0.2, 0) is 16.6 Å².